The summed E-state index contributed by atoms with van der Waals surface area (Å²) >= 11 is 1.64. The Bertz CT molecular complexity index is 1410. The summed E-state index contributed by atoms with van der Waals surface area (Å²) in [6, 6.07) is 4.10. The third kappa shape index (κ3) is 3.00. The number of fused-ring (bicyclic) bond motifs is 2. The average molecular weight is 423 g/mol. The van der Waals surface area contributed by atoms with Crippen molar-refractivity contribution < 1.29 is 0 Å². The van der Waals surface area contributed by atoms with Gasteiger partial charge in [0.25, 0.3) is 0 Å². The molecule has 154 valence electrons. The Balaban J connectivity index is 1.65. The van der Waals surface area contributed by atoms with E-state index in [-0.39, 0.29) is 6.04 Å². The summed E-state index contributed by atoms with van der Waals surface area (Å²) < 4.78 is 4.01. The highest BCUT2D eigenvalue weighted by atomic mass is 32.1. The lowest BCUT2D eigenvalue weighted by atomic mass is 10.2. The van der Waals surface area contributed by atoms with Crippen molar-refractivity contribution in [2.45, 2.75) is 45.6 Å². The summed E-state index contributed by atoms with van der Waals surface area (Å²) in [7, 11) is 1.59. The van der Waals surface area contributed by atoms with E-state index in [0.717, 1.165) is 52.2 Å². The minimum atomic E-state index is -0.541. The minimum Gasteiger partial charge on any atom is -0.324 e. The van der Waals surface area contributed by atoms with Gasteiger partial charge in [0.2, 0.25) is 5.95 Å². The molecule has 0 unspecified atom stereocenters. The van der Waals surface area contributed by atoms with E-state index in [4.69, 9.17) is 0 Å². The van der Waals surface area contributed by atoms with E-state index in [9.17, 15) is 9.59 Å². The summed E-state index contributed by atoms with van der Waals surface area (Å²) in [5.74, 6) is 0.399. The molecule has 0 atom stereocenters. The lowest BCUT2D eigenvalue weighted by molar-refractivity contribution is 0.507. The fourth-order valence-corrected chi connectivity index (χ4v) is 5.09. The smallest absolute Gasteiger partial charge is 0.318 e. The molecule has 0 radical (unpaired) electrons. The third-order valence-corrected chi connectivity index (χ3v) is 6.76. The van der Waals surface area contributed by atoms with Crippen LogP contribution in [0.5, 0.6) is 0 Å². The molecule has 1 aliphatic carbocycles. The lowest BCUT2D eigenvalue weighted by Crippen LogP contribution is -2.42. The van der Waals surface area contributed by atoms with Crippen LogP contribution in [0.15, 0.2) is 27.9 Å². The normalized spacial score (nSPS) is 14.8. The van der Waals surface area contributed by atoms with Gasteiger partial charge in [0.15, 0.2) is 5.65 Å². The van der Waals surface area contributed by atoms with Gasteiger partial charge in [0.1, 0.15) is 5.52 Å². The van der Waals surface area contributed by atoms with Crippen LogP contribution in [-0.4, -0.2) is 24.1 Å². The Labute approximate surface area is 176 Å². The first-order valence-corrected chi connectivity index (χ1v) is 10.9. The van der Waals surface area contributed by atoms with Crippen molar-refractivity contribution in [1.29, 1.82) is 0 Å². The van der Waals surface area contributed by atoms with Gasteiger partial charge in [-0.05, 0) is 44.4 Å². The van der Waals surface area contributed by atoms with Crippen LogP contribution in [0.1, 0.15) is 42.3 Å². The van der Waals surface area contributed by atoms with E-state index in [1.807, 2.05) is 26.0 Å². The highest BCUT2D eigenvalue weighted by Crippen LogP contribution is 2.31. The van der Waals surface area contributed by atoms with E-state index in [2.05, 4.69) is 20.3 Å². The molecule has 0 aliphatic heterocycles. The first kappa shape index (κ1) is 18.9. The van der Waals surface area contributed by atoms with Crippen LogP contribution in [-0.2, 0) is 7.05 Å². The van der Waals surface area contributed by atoms with Crippen LogP contribution in [0.3, 0.4) is 0 Å². The van der Waals surface area contributed by atoms with Crippen LogP contribution in [0.25, 0.3) is 21.4 Å². The molecule has 1 fully saturated rings. The van der Waals surface area contributed by atoms with Crippen LogP contribution >= 0.6 is 11.3 Å². The Morgan fingerprint density at radius 1 is 1.10 bits per heavy atom. The molecule has 5 rings (SSSR count). The summed E-state index contributed by atoms with van der Waals surface area (Å²) in [6.07, 6.45) is 5.49. The van der Waals surface area contributed by atoms with Crippen LogP contribution in [0, 0.1) is 13.8 Å². The number of anilines is 2. The van der Waals surface area contributed by atoms with E-state index in [1.54, 1.807) is 29.1 Å². The molecule has 0 amide bonds. The Morgan fingerprint density at radius 2 is 1.87 bits per heavy atom. The fourth-order valence-electron chi connectivity index (χ4n) is 4.24. The third-order valence-electron chi connectivity index (χ3n) is 5.82. The number of aromatic nitrogens is 5. The number of benzene rings is 1. The Morgan fingerprint density at radius 3 is 2.63 bits per heavy atom. The van der Waals surface area contributed by atoms with Crippen molar-refractivity contribution in [2.75, 3.05) is 5.32 Å². The molecule has 0 spiro atoms. The van der Waals surface area contributed by atoms with Crippen molar-refractivity contribution in [3.63, 3.8) is 0 Å². The molecule has 1 aliphatic rings. The zero-order chi connectivity index (χ0) is 21.0. The van der Waals surface area contributed by atoms with E-state index < -0.39 is 11.1 Å². The van der Waals surface area contributed by atoms with E-state index >= 15 is 0 Å². The summed E-state index contributed by atoms with van der Waals surface area (Å²) in [5, 5.41) is 4.31. The molecule has 1 aromatic carbocycles. The Kier molecular flexibility index (Phi) is 4.43. The van der Waals surface area contributed by atoms with Crippen LogP contribution in [0.4, 0.5) is 11.6 Å². The topological polar surface area (TPSA) is 94.7 Å². The molecule has 8 nitrogen and oxygen atoms in total. The maximum Gasteiger partial charge on any atom is 0.318 e. The van der Waals surface area contributed by atoms with Crippen molar-refractivity contribution in [3.05, 3.63) is 49.6 Å². The van der Waals surface area contributed by atoms with E-state index in [0.29, 0.717) is 17.1 Å². The minimum absolute atomic E-state index is 0.00917. The zero-order valence-electron chi connectivity index (χ0n) is 17.1. The summed E-state index contributed by atoms with van der Waals surface area (Å²) in [5.41, 5.74) is 2.90. The number of aryl methyl sites for hydroxylation is 3. The van der Waals surface area contributed by atoms with Crippen molar-refractivity contribution in [2.24, 2.45) is 7.05 Å². The molecule has 0 saturated heterocycles. The molecular formula is C21H22N6O2S. The standard InChI is InChI=1S/C21H22N6O2S/c1-11-8-15-17(30-12(2)23-15)9-14(11)24-21-22-10-16-18(25-21)27(13-6-4-5-7-13)20(29)19(28)26(16)3/h8-10,13H,4-7H2,1-3H3,(H,22,24,25). The van der Waals surface area contributed by atoms with Crippen molar-refractivity contribution in [3.8, 4) is 0 Å². The number of hydrogen-bond acceptors (Lipinski definition) is 7. The average Bonchev–Trinajstić information content (AvgIpc) is 3.36. The SMILES string of the molecule is Cc1nc2cc(C)c(Nc3ncc4c(n3)n(C3CCCC3)c(=O)c(=O)n4C)cc2s1. The largest absolute Gasteiger partial charge is 0.324 e. The molecule has 1 N–H and O–H groups in total. The monoisotopic (exact) mass is 422 g/mol. The highest BCUT2D eigenvalue weighted by molar-refractivity contribution is 7.18. The predicted molar refractivity (Wildman–Crippen MR) is 119 cm³/mol. The summed E-state index contributed by atoms with van der Waals surface area (Å²) in [4.78, 5) is 38.9. The number of thiazole rings is 1. The van der Waals surface area contributed by atoms with Gasteiger partial charge in [-0.1, -0.05) is 12.8 Å². The Hall–Kier alpha value is -3.07. The molecule has 3 heterocycles. The molecule has 4 aromatic rings. The van der Waals surface area contributed by atoms with Crippen molar-refractivity contribution >= 4 is 44.4 Å². The van der Waals surface area contributed by atoms with Crippen LogP contribution in [0.2, 0.25) is 0 Å². The first-order chi connectivity index (χ1) is 14.4. The zero-order valence-corrected chi connectivity index (χ0v) is 17.9. The van der Waals surface area contributed by atoms with Gasteiger partial charge in [0.05, 0.1) is 21.4 Å². The van der Waals surface area contributed by atoms with Crippen LogP contribution < -0.4 is 16.4 Å². The second-order valence-corrected chi connectivity index (χ2v) is 9.11. The molecule has 1 saturated carbocycles. The number of nitrogens with one attached hydrogen (secondary N) is 1. The quantitative estimate of drug-likeness (QED) is 0.507. The number of hydrogen-bond donors (Lipinski definition) is 1. The molecule has 30 heavy (non-hydrogen) atoms. The second kappa shape index (κ2) is 7.02. The van der Waals surface area contributed by atoms with Gasteiger partial charge in [0, 0.05) is 18.8 Å². The van der Waals surface area contributed by atoms with Crippen molar-refractivity contribution in [1.82, 2.24) is 24.1 Å². The van der Waals surface area contributed by atoms with Gasteiger partial charge in [-0.3, -0.25) is 14.2 Å². The van der Waals surface area contributed by atoms with Gasteiger partial charge >= 0.3 is 11.1 Å². The van der Waals surface area contributed by atoms with Gasteiger partial charge in [-0.15, -0.1) is 11.3 Å². The van der Waals surface area contributed by atoms with Gasteiger partial charge in [-0.2, -0.15) is 4.98 Å². The lowest BCUT2D eigenvalue weighted by Gasteiger charge is -2.17. The maximum atomic E-state index is 12.8. The highest BCUT2D eigenvalue weighted by Gasteiger charge is 2.23. The fraction of sp³-hybridized carbons (Fsp3) is 0.381. The molecular weight excluding hydrogens is 400 g/mol. The maximum absolute atomic E-state index is 12.8. The molecule has 3 aromatic heterocycles. The number of nitrogens with zero attached hydrogens (tertiary/aromatic N) is 5. The number of rotatable bonds is 3. The molecule has 0 bridgehead atoms. The van der Waals surface area contributed by atoms with Gasteiger partial charge in [-0.25, -0.2) is 9.97 Å². The first-order valence-electron chi connectivity index (χ1n) is 10.1. The van der Waals surface area contributed by atoms with E-state index in [1.165, 1.54) is 4.57 Å². The summed E-state index contributed by atoms with van der Waals surface area (Å²) in [6.45, 7) is 4.00. The van der Waals surface area contributed by atoms with Gasteiger partial charge < -0.3 is 9.88 Å². The second-order valence-electron chi connectivity index (χ2n) is 7.87. The predicted octanol–water partition coefficient (Wildman–Crippen LogP) is 3.58. The molecule has 9 heteroatoms.